The number of amides is 1. The molecular formula is C16H16Cl2N2O. The minimum absolute atomic E-state index is 0.00131. The third-order valence-corrected chi connectivity index (χ3v) is 3.97. The molecule has 0 unspecified atom stereocenters. The fraction of sp³-hybridized carbons (Fsp3) is 0.188. The van der Waals surface area contributed by atoms with E-state index in [1.165, 1.54) is 0 Å². The highest BCUT2D eigenvalue weighted by molar-refractivity contribution is 6.42. The van der Waals surface area contributed by atoms with Gasteiger partial charge in [-0.2, -0.15) is 0 Å². The molecule has 110 valence electrons. The molecule has 2 aromatic carbocycles. The lowest BCUT2D eigenvalue weighted by atomic mass is 10.1. The lowest BCUT2D eigenvalue weighted by Gasteiger charge is -2.09. The van der Waals surface area contributed by atoms with Crippen LogP contribution >= 0.6 is 23.2 Å². The van der Waals surface area contributed by atoms with Gasteiger partial charge in [0.2, 0.25) is 5.91 Å². The number of nitrogens with one attached hydrogen (secondary N) is 2. The fourth-order valence-corrected chi connectivity index (χ4v) is 2.28. The van der Waals surface area contributed by atoms with Gasteiger partial charge in [-0.05, 0) is 29.3 Å². The Bertz CT molecular complexity index is 627. The molecule has 1 amide bonds. The second kappa shape index (κ2) is 7.34. The maximum Gasteiger partial charge on any atom is 0.224 e. The van der Waals surface area contributed by atoms with E-state index < -0.39 is 0 Å². The standard InChI is InChI=1S/C16H16Cl2N2O/c1-19-15(21)9-11-5-7-13(8-6-11)20-10-12-3-2-4-14(17)16(12)18/h2-8,20H,9-10H2,1H3,(H,19,21). The summed E-state index contributed by atoms with van der Waals surface area (Å²) in [6.07, 6.45) is 0.386. The summed E-state index contributed by atoms with van der Waals surface area (Å²) in [5.74, 6) is 0.00131. The minimum Gasteiger partial charge on any atom is -0.381 e. The molecule has 0 atom stereocenters. The maximum absolute atomic E-state index is 11.3. The number of likely N-dealkylation sites (N-methyl/N-ethyl adjacent to an activating group) is 1. The summed E-state index contributed by atoms with van der Waals surface area (Å²) >= 11 is 12.1. The van der Waals surface area contributed by atoms with Crippen molar-refractivity contribution in [2.45, 2.75) is 13.0 Å². The first-order valence-electron chi connectivity index (χ1n) is 6.56. The van der Waals surface area contributed by atoms with Crippen LogP contribution in [0.5, 0.6) is 0 Å². The molecule has 0 aliphatic carbocycles. The Morgan fingerprint density at radius 1 is 1.10 bits per heavy atom. The number of anilines is 1. The molecule has 0 radical (unpaired) electrons. The lowest BCUT2D eigenvalue weighted by molar-refractivity contribution is -0.119. The predicted octanol–water partition coefficient (Wildman–Crippen LogP) is 3.89. The molecule has 2 aromatic rings. The summed E-state index contributed by atoms with van der Waals surface area (Å²) < 4.78 is 0. The molecule has 0 saturated carbocycles. The van der Waals surface area contributed by atoms with Gasteiger partial charge in [0.15, 0.2) is 0 Å². The van der Waals surface area contributed by atoms with Crippen LogP contribution in [0.4, 0.5) is 5.69 Å². The average Bonchev–Trinajstić information content (AvgIpc) is 2.50. The minimum atomic E-state index is 0.00131. The molecule has 0 aliphatic heterocycles. The molecular weight excluding hydrogens is 307 g/mol. The van der Waals surface area contributed by atoms with Crippen LogP contribution in [0.1, 0.15) is 11.1 Å². The second-order valence-corrected chi connectivity index (χ2v) is 5.40. The summed E-state index contributed by atoms with van der Waals surface area (Å²) in [4.78, 5) is 11.3. The number of benzene rings is 2. The molecule has 0 bridgehead atoms. The van der Waals surface area contributed by atoms with Crippen molar-refractivity contribution < 1.29 is 4.79 Å². The van der Waals surface area contributed by atoms with Crippen LogP contribution in [-0.4, -0.2) is 13.0 Å². The molecule has 0 aromatic heterocycles. The van der Waals surface area contributed by atoms with Gasteiger partial charge in [0.05, 0.1) is 16.5 Å². The number of carbonyl (C=O) groups excluding carboxylic acids is 1. The van der Waals surface area contributed by atoms with Gasteiger partial charge in [-0.3, -0.25) is 4.79 Å². The molecule has 3 nitrogen and oxygen atoms in total. The summed E-state index contributed by atoms with van der Waals surface area (Å²) in [6.45, 7) is 0.591. The van der Waals surface area contributed by atoms with E-state index in [1.807, 2.05) is 36.4 Å². The van der Waals surface area contributed by atoms with Crippen LogP contribution in [-0.2, 0) is 17.8 Å². The van der Waals surface area contributed by atoms with Crippen molar-refractivity contribution in [1.82, 2.24) is 5.32 Å². The van der Waals surface area contributed by atoms with E-state index in [9.17, 15) is 4.79 Å². The fourth-order valence-electron chi connectivity index (χ4n) is 1.90. The summed E-state index contributed by atoms with van der Waals surface area (Å²) in [6, 6.07) is 13.3. The molecule has 5 heteroatoms. The van der Waals surface area contributed by atoms with Crippen LogP contribution < -0.4 is 10.6 Å². The van der Waals surface area contributed by atoms with E-state index >= 15 is 0 Å². The van der Waals surface area contributed by atoms with E-state index in [4.69, 9.17) is 23.2 Å². The van der Waals surface area contributed by atoms with Gasteiger partial charge in [-0.15, -0.1) is 0 Å². The first-order valence-corrected chi connectivity index (χ1v) is 7.32. The highest BCUT2D eigenvalue weighted by atomic mass is 35.5. The second-order valence-electron chi connectivity index (χ2n) is 4.61. The number of hydrogen-bond donors (Lipinski definition) is 2. The number of hydrogen-bond acceptors (Lipinski definition) is 2. The number of carbonyl (C=O) groups is 1. The van der Waals surface area contributed by atoms with Crippen molar-refractivity contribution in [1.29, 1.82) is 0 Å². The SMILES string of the molecule is CNC(=O)Cc1ccc(NCc2cccc(Cl)c2Cl)cc1. The third-order valence-electron chi connectivity index (χ3n) is 3.11. The molecule has 0 aliphatic rings. The van der Waals surface area contributed by atoms with E-state index in [2.05, 4.69) is 10.6 Å². The van der Waals surface area contributed by atoms with Crippen LogP contribution in [0.2, 0.25) is 10.0 Å². The van der Waals surface area contributed by atoms with Gasteiger partial charge in [0.1, 0.15) is 0 Å². The molecule has 0 saturated heterocycles. The first-order chi connectivity index (χ1) is 10.1. The van der Waals surface area contributed by atoms with Crippen molar-refractivity contribution >= 4 is 34.8 Å². The zero-order valence-corrected chi connectivity index (χ0v) is 13.1. The quantitative estimate of drug-likeness (QED) is 0.876. The van der Waals surface area contributed by atoms with E-state index in [-0.39, 0.29) is 5.91 Å². The predicted molar refractivity (Wildman–Crippen MR) is 88.0 cm³/mol. The molecule has 2 N–H and O–H groups in total. The molecule has 2 rings (SSSR count). The smallest absolute Gasteiger partial charge is 0.224 e. The van der Waals surface area contributed by atoms with Gasteiger partial charge in [-0.25, -0.2) is 0 Å². The Labute approximate surface area is 134 Å². The Morgan fingerprint density at radius 3 is 2.48 bits per heavy atom. The monoisotopic (exact) mass is 322 g/mol. The zero-order valence-electron chi connectivity index (χ0n) is 11.6. The van der Waals surface area contributed by atoms with Crippen LogP contribution in [0.15, 0.2) is 42.5 Å². The van der Waals surface area contributed by atoms with Gasteiger partial charge >= 0.3 is 0 Å². The number of rotatable bonds is 5. The normalized spacial score (nSPS) is 10.2. The van der Waals surface area contributed by atoms with E-state index in [0.29, 0.717) is 23.0 Å². The third kappa shape index (κ3) is 4.38. The largest absolute Gasteiger partial charge is 0.381 e. The molecule has 0 spiro atoms. The maximum atomic E-state index is 11.3. The molecule has 0 heterocycles. The van der Waals surface area contributed by atoms with Crippen molar-refractivity contribution in [2.75, 3.05) is 12.4 Å². The Hall–Kier alpha value is -1.71. The average molecular weight is 323 g/mol. The first kappa shape index (κ1) is 15.7. The summed E-state index contributed by atoms with van der Waals surface area (Å²) in [5, 5.41) is 7.01. The Balaban J connectivity index is 1.97. The topological polar surface area (TPSA) is 41.1 Å². The van der Waals surface area contributed by atoms with Crippen LogP contribution in [0.25, 0.3) is 0 Å². The Morgan fingerprint density at radius 2 is 1.81 bits per heavy atom. The van der Waals surface area contributed by atoms with Gasteiger partial charge < -0.3 is 10.6 Å². The van der Waals surface area contributed by atoms with Gasteiger partial charge in [-0.1, -0.05) is 47.5 Å². The highest BCUT2D eigenvalue weighted by Gasteiger charge is 2.04. The lowest BCUT2D eigenvalue weighted by Crippen LogP contribution is -2.19. The summed E-state index contributed by atoms with van der Waals surface area (Å²) in [7, 11) is 1.63. The number of halogens is 2. The van der Waals surface area contributed by atoms with E-state index in [1.54, 1.807) is 13.1 Å². The molecule has 0 fully saturated rings. The summed E-state index contributed by atoms with van der Waals surface area (Å²) in [5.41, 5.74) is 2.88. The Kier molecular flexibility index (Phi) is 5.48. The van der Waals surface area contributed by atoms with Crippen molar-refractivity contribution in [3.63, 3.8) is 0 Å². The van der Waals surface area contributed by atoms with Crippen LogP contribution in [0, 0.1) is 0 Å². The van der Waals surface area contributed by atoms with Gasteiger partial charge in [0, 0.05) is 19.3 Å². The molecule has 21 heavy (non-hydrogen) atoms. The van der Waals surface area contributed by atoms with Crippen molar-refractivity contribution in [3.8, 4) is 0 Å². The van der Waals surface area contributed by atoms with E-state index in [0.717, 1.165) is 16.8 Å². The van der Waals surface area contributed by atoms with Crippen molar-refractivity contribution in [3.05, 3.63) is 63.6 Å². The zero-order chi connectivity index (χ0) is 15.2. The highest BCUT2D eigenvalue weighted by Crippen LogP contribution is 2.26. The van der Waals surface area contributed by atoms with Gasteiger partial charge in [0.25, 0.3) is 0 Å². The van der Waals surface area contributed by atoms with Crippen molar-refractivity contribution in [2.24, 2.45) is 0 Å². The van der Waals surface area contributed by atoms with Crippen LogP contribution in [0.3, 0.4) is 0 Å².